The number of ether oxygens (including phenoxy) is 2. The van der Waals surface area contributed by atoms with Gasteiger partial charge in [0.2, 0.25) is 0 Å². The molecule has 86 valence electrons. The van der Waals surface area contributed by atoms with E-state index < -0.39 is 11.4 Å². The molecule has 0 spiro atoms. The molecule has 1 aliphatic rings. The fourth-order valence-electron chi connectivity index (χ4n) is 1.20. The highest BCUT2D eigenvalue weighted by molar-refractivity contribution is 8.00. The average molecular weight is 233 g/mol. The van der Waals surface area contributed by atoms with Gasteiger partial charge in [0.15, 0.2) is 5.37 Å². The second-order valence-electron chi connectivity index (χ2n) is 2.94. The molecule has 1 saturated heterocycles. The molecule has 1 aliphatic heterocycles. The summed E-state index contributed by atoms with van der Waals surface area (Å²) in [5, 5.41) is 2.43. The Labute approximate surface area is 92.9 Å². The third-order valence-corrected chi connectivity index (χ3v) is 3.04. The van der Waals surface area contributed by atoms with Gasteiger partial charge in [-0.15, -0.1) is 11.8 Å². The number of hydrogen-bond donors (Lipinski definition) is 1. The lowest BCUT2D eigenvalue weighted by atomic mass is 10.3. The zero-order valence-electron chi connectivity index (χ0n) is 8.82. The van der Waals surface area contributed by atoms with E-state index in [1.165, 1.54) is 11.8 Å². The van der Waals surface area contributed by atoms with Crippen molar-refractivity contribution in [2.24, 2.45) is 0 Å². The Kier molecular flexibility index (Phi) is 4.90. The van der Waals surface area contributed by atoms with Gasteiger partial charge in [0.05, 0.1) is 13.2 Å². The van der Waals surface area contributed by atoms with Crippen LogP contribution in [-0.4, -0.2) is 42.3 Å². The highest BCUT2D eigenvalue weighted by atomic mass is 32.2. The molecular formula is C9H15NO4S. The van der Waals surface area contributed by atoms with E-state index in [1.54, 1.807) is 13.8 Å². The van der Waals surface area contributed by atoms with Crippen molar-refractivity contribution in [3.05, 3.63) is 0 Å². The van der Waals surface area contributed by atoms with Crippen LogP contribution >= 0.6 is 11.8 Å². The lowest BCUT2D eigenvalue weighted by Crippen LogP contribution is -2.41. The van der Waals surface area contributed by atoms with Crippen LogP contribution in [-0.2, 0) is 19.1 Å². The molecule has 5 nitrogen and oxygen atoms in total. The molecule has 0 aliphatic carbocycles. The number of thioether (sulfide) groups is 1. The molecule has 6 heteroatoms. The van der Waals surface area contributed by atoms with Crippen LogP contribution in [0.2, 0.25) is 0 Å². The molecule has 1 heterocycles. The fraction of sp³-hybridized carbons (Fsp3) is 0.778. The highest BCUT2D eigenvalue weighted by Gasteiger charge is 2.35. The van der Waals surface area contributed by atoms with E-state index in [2.05, 4.69) is 5.32 Å². The largest absolute Gasteiger partial charge is 0.465 e. The molecular weight excluding hydrogens is 218 g/mol. The first-order chi connectivity index (χ1) is 7.19. The van der Waals surface area contributed by atoms with Crippen molar-refractivity contribution in [1.29, 1.82) is 0 Å². The van der Waals surface area contributed by atoms with E-state index in [0.29, 0.717) is 19.0 Å². The third-order valence-electron chi connectivity index (χ3n) is 1.85. The lowest BCUT2D eigenvalue weighted by Gasteiger charge is -2.11. The normalized spacial score (nSPS) is 24.9. The van der Waals surface area contributed by atoms with Crippen LogP contribution in [0.15, 0.2) is 0 Å². The van der Waals surface area contributed by atoms with Crippen molar-refractivity contribution in [3.63, 3.8) is 0 Å². The van der Waals surface area contributed by atoms with Gasteiger partial charge in [-0.2, -0.15) is 0 Å². The van der Waals surface area contributed by atoms with Crippen molar-refractivity contribution in [2.75, 3.05) is 19.0 Å². The van der Waals surface area contributed by atoms with Crippen molar-refractivity contribution in [2.45, 2.75) is 25.3 Å². The van der Waals surface area contributed by atoms with E-state index in [9.17, 15) is 9.59 Å². The maximum absolute atomic E-state index is 11.3. The summed E-state index contributed by atoms with van der Waals surface area (Å²) in [6.45, 7) is 4.20. The van der Waals surface area contributed by atoms with Crippen LogP contribution in [0.3, 0.4) is 0 Å². The smallest absolute Gasteiger partial charge is 0.333 e. The first-order valence-corrected chi connectivity index (χ1v) is 5.94. The summed E-state index contributed by atoms with van der Waals surface area (Å²) in [4.78, 5) is 22.6. The van der Waals surface area contributed by atoms with Gasteiger partial charge >= 0.3 is 11.9 Å². The predicted octanol–water partition coefficient (Wildman–Crippen LogP) is 0.144. The molecule has 0 aromatic rings. The molecule has 1 rings (SSSR count). The minimum atomic E-state index is -0.445. The van der Waals surface area contributed by atoms with Crippen LogP contribution in [0.4, 0.5) is 0 Å². The molecule has 0 aromatic heterocycles. The average Bonchev–Trinajstić information content (AvgIpc) is 2.67. The number of nitrogens with one attached hydrogen (secondary N) is 1. The summed E-state index contributed by atoms with van der Waals surface area (Å²) in [5.41, 5.74) is 0. The van der Waals surface area contributed by atoms with Gasteiger partial charge in [-0.05, 0) is 13.8 Å². The topological polar surface area (TPSA) is 64.6 Å². The molecule has 0 saturated carbocycles. The monoisotopic (exact) mass is 233 g/mol. The first-order valence-electron chi connectivity index (χ1n) is 4.90. The summed E-state index contributed by atoms with van der Waals surface area (Å²) in [6, 6.07) is -0.399. The van der Waals surface area contributed by atoms with Crippen LogP contribution in [0.1, 0.15) is 13.8 Å². The molecule has 2 atom stereocenters. The second-order valence-corrected chi connectivity index (χ2v) is 4.07. The molecule has 1 N–H and O–H groups in total. The Morgan fingerprint density at radius 2 is 1.87 bits per heavy atom. The molecule has 0 radical (unpaired) electrons. The minimum absolute atomic E-state index is 0.309. The summed E-state index contributed by atoms with van der Waals surface area (Å²) in [7, 11) is 0. The fourth-order valence-corrected chi connectivity index (χ4v) is 2.29. The first kappa shape index (κ1) is 12.3. The molecule has 1 fully saturated rings. The summed E-state index contributed by atoms with van der Waals surface area (Å²) in [6.07, 6.45) is 0. The zero-order valence-corrected chi connectivity index (χ0v) is 9.63. The summed E-state index contributed by atoms with van der Waals surface area (Å²) < 4.78 is 9.69. The van der Waals surface area contributed by atoms with Gasteiger partial charge in [0.1, 0.15) is 6.04 Å². The van der Waals surface area contributed by atoms with Gasteiger partial charge in [-0.25, -0.2) is 4.79 Å². The Morgan fingerprint density at radius 1 is 1.27 bits per heavy atom. The standard InChI is InChI=1S/C9H15NO4S/c1-3-13-8(11)6-5-15-7(10-6)9(12)14-4-2/h6-7,10H,3-5H2,1-2H3. The molecule has 0 aromatic carbocycles. The molecule has 2 unspecified atom stereocenters. The van der Waals surface area contributed by atoms with Gasteiger partial charge in [0, 0.05) is 5.75 Å². The quantitative estimate of drug-likeness (QED) is 0.697. The van der Waals surface area contributed by atoms with Gasteiger partial charge in [-0.3, -0.25) is 10.1 Å². The Morgan fingerprint density at radius 3 is 2.47 bits per heavy atom. The molecule has 0 bridgehead atoms. The van der Waals surface area contributed by atoms with E-state index in [0.717, 1.165) is 0 Å². The molecule has 0 amide bonds. The predicted molar refractivity (Wildman–Crippen MR) is 56.4 cm³/mol. The second kappa shape index (κ2) is 5.97. The van der Waals surface area contributed by atoms with Crippen LogP contribution < -0.4 is 5.32 Å². The Hall–Kier alpha value is -0.750. The van der Waals surface area contributed by atoms with Crippen molar-refractivity contribution in [3.8, 4) is 0 Å². The number of esters is 2. The Balaban J connectivity index is 2.38. The number of rotatable bonds is 4. The maximum atomic E-state index is 11.3. The SMILES string of the molecule is CCOC(=O)C1CSC(C(=O)OCC)N1. The van der Waals surface area contributed by atoms with Gasteiger partial charge in [0.25, 0.3) is 0 Å². The van der Waals surface area contributed by atoms with Crippen LogP contribution in [0, 0.1) is 0 Å². The van der Waals surface area contributed by atoms with Crippen LogP contribution in [0.25, 0.3) is 0 Å². The maximum Gasteiger partial charge on any atom is 0.333 e. The van der Waals surface area contributed by atoms with Crippen molar-refractivity contribution in [1.82, 2.24) is 5.32 Å². The van der Waals surface area contributed by atoms with E-state index in [1.807, 2.05) is 0 Å². The van der Waals surface area contributed by atoms with E-state index in [-0.39, 0.29) is 11.9 Å². The van der Waals surface area contributed by atoms with Crippen molar-refractivity contribution < 1.29 is 19.1 Å². The third kappa shape index (κ3) is 3.39. The van der Waals surface area contributed by atoms with Crippen molar-refractivity contribution >= 4 is 23.7 Å². The molecule has 15 heavy (non-hydrogen) atoms. The minimum Gasteiger partial charge on any atom is -0.465 e. The summed E-state index contributed by atoms with van der Waals surface area (Å²) >= 11 is 1.37. The van der Waals surface area contributed by atoms with Crippen LogP contribution in [0.5, 0.6) is 0 Å². The lowest BCUT2D eigenvalue weighted by molar-refractivity contribution is -0.146. The van der Waals surface area contributed by atoms with Gasteiger partial charge < -0.3 is 9.47 Å². The van der Waals surface area contributed by atoms with E-state index in [4.69, 9.17) is 9.47 Å². The zero-order chi connectivity index (χ0) is 11.3. The Bertz CT molecular complexity index is 222. The van der Waals surface area contributed by atoms with Gasteiger partial charge in [-0.1, -0.05) is 0 Å². The summed E-state index contributed by atoms with van der Waals surface area (Å²) in [5.74, 6) is -0.0893. The highest BCUT2D eigenvalue weighted by Crippen LogP contribution is 2.20. The van der Waals surface area contributed by atoms with E-state index >= 15 is 0 Å². The number of carbonyl (C=O) groups excluding carboxylic acids is 2. The number of carbonyl (C=O) groups is 2. The number of hydrogen-bond acceptors (Lipinski definition) is 6.